The minimum Gasteiger partial charge on any atom is -0.383 e. The van der Waals surface area contributed by atoms with E-state index >= 15 is 0 Å². The summed E-state index contributed by atoms with van der Waals surface area (Å²) in [6.45, 7) is 4.09. The van der Waals surface area contributed by atoms with Crippen molar-refractivity contribution in [2.24, 2.45) is 0 Å². The number of aliphatic hydroxyl groups excluding tert-OH is 1. The molecule has 0 radical (unpaired) electrons. The lowest BCUT2D eigenvalue weighted by molar-refractivity contribution is 0.224. The summed E-state index contributed by atoms with van der Waals surface area (Å²) in [5.41, 5.74) is 2.15. The number of hydrogen-bond donors (Lipinski definition) is 1. The fourth-order valence-corrected chi connectivity index (χ4v) is 3.10. The first-order valence-electron chi connectivity index (χ1n) is 5.08. The minimum absolute atomic E-state index is 0.518. The van der Waals surface area contributed by atoms with E-state index in [9.17, 15) is 5.11 Å². The normalized spacial score (nSPS) is 12.8. The van der Waals surface area contributed by atoms with E-state index in [4.69, 9.17) is 0 Å². The molecule has 1 aromatic heterocycles. The first-order chi connectivity index (χ1) is 7.58. The van der Waals surface area contributed by atoms with Gasteiger partial charge in [0, 0.05) is 14.2 Å². The van der Waals surface area contributed by atoms with Gasteiger partial charge in [-0.15, -0.1) is 11.3 Å². The summed E-state index contributed by atoms with van der Waals surface area (Å²) < 4.78 is 1.07. The molecular weight excluding hydrogens is 284 g/mol. The topological polar surface area (TPSA) is 20.2 Å². The van der Waals surface area contributed by atoms with Gasteiger partial charge in [0.2, 0.25) is 0 Å². The molecule has 1 unspecified atom stereocenters. The third-order valence-corrected chi connectivity index (χ3v) is 4.73. The van der Waals surface area contributed by atoms with Crippen molar-refractivity contribution in [3.05, 3.63) is 55.7 Å². The summed E-state index contributed by atoms with van der Waals surface area (Å²) in [6, 6.07) is 9.98. The average molecular weight is 297 g/mol. The van der Waals surface area contributed by atoms with Gasteiger partial charge in [-0.25, -0.2) is 0 Å². The lowest BCUT2D eigenvalue weighted by atomic mass is 10.1. The van der Waals surface area contributed by atoms with E-state index in [-0.39, 0.29) is 0 Å². The van der Waals surface area contributed by atoms with E-state index in [1.54, 1.807) is 11.3 Å². The number of benzene rings is 1. The molecule has 1 aromatic carbocycles. The third-order valence-electron chi connectivity index (χ3n) is 2.54. The van der Waals surface area contributed by atoms with E-state index < -0.39 is 6.10 Å². The Balaban J connectivity index is 2.31. The van der Waals surface area contributed by atoms with Gasteiger partial charge in [0.05, 0.1) is 0 Å². The Morgan fingerprint density at radius 2 is 1.81 bits per heavy atom. The van der Waals surface area contributed by atoms with E-state index in [0.717, 1.165) is 14.9 Å². The van der Waals surface area contributed by atoms with Crippen LogP contribution in [0.2, 0.25) is 0 Å². The van der Waals surface area contributed by atoms with Crippen LogP contribution in [0.4, 0.5) is 0 Å². The zero-order valence-electron chi connectivity index (χ0n) is 9.20. The maximum absolute atomic E-state index is 10.2. The molecule has 2 rings (SSSR count). The molecular formula is C13H13BrOS. The Kier molecular flexibility index (Phi) is 3.47. The van der Waals surface area contributed by atoms with E-state index in [1.807, 2.05) is 44.2 Å². The molecule has 1 nitrogen and oxygen atoms in total. The number of hydrogen-bond acceptors (Lipinski definition) is 2. The highest BCUT2D eigenvalue weighted by Crippen LogP contribution is 2.33. The van der Waals surface area contributed by atoms with Crippen LogP contribution in [-0.2, 0) is 0 Å². The molecule has 84 valence electrons. The lowest BCUT2D eigenvalue weighted by Crippen LogP contribution is -1.96. The highest BCUT2D eigenvalue weighted by atomic mass is 79.9. The average Bonchev–Trinajstić information content (AvgIpc) is 2.59. The molecule has 0 bridgehead atoms. The molecule has 0 aliphatic carbocycles. The molecule has 0 aliphatic rings. The summed E-state index contributed by atoms with van der Waals surface area (Å²) in [4.78, 5) is 2.18. The zero-order valence-corrected chi connectivity index (χ0v) is 11.6. The molecule has 16 heavy (non-hydrogen) atoms. The van der Waals surface area contributed by atoms with Crippen molar-refractivity contribution in [2.75, 3.05) is 0 Å². The molecule has 1 heterocycles. The molecule has 1 atom stereocenters. The predicted molar refractivity (Wildman–Crippen MR) is 72.0 cm³/mol. The van der Waals surface area contributed by atoms with Crippen molar-refractivity contribution in [3.8, 4) is 0 Å². The monoisotopic (exact) mass is 296 g/mol. The maximum Gasteiger partial charge on any atom is 0.113 e. The lowest BCUT2D eigenvalue weighted by Gasteiger charge is -2.08. The summed E-state index contributed by atoms with van der Waals surface area (Å²) in [5, 5.41) is 10.2. The Hall–Kier alpha value is -0.640. The minimum atomic E-state index is -0.518. The summed E-state index contributed by atoms with van der Waals surface area (Å²) in [6.07, 6.45) is -0.518. The van der Waals surface area contributed by atoms with Crippen LogP contribution in [0.3, 0.4) is 0 Å². The Bertz CT molecular complexity index is 468. The fraction of sp³-hybridized carbons (Fsp3) is 0.231. The summed E-state index contributed by atoms with van der Waals surface area (Å²) in [7, 11) is 0. The second kappa shape index (κ2) is 4.70. The number of aliphatic hydroxyl groups is 1. The number of rotatable bonds is 2. The molecule has 3 heteroatoms. The third kappa shape index (κ3) is 2.37. The van der Waals surface area contributed by atoms with Crippen LogP contribution in [0.15, 0.2) is 34.8 Å². The molecule has 0 saturated carbocycles. The Morgan fingerprint density at radius 3 is 2.31 bits per heavy atom. The standard InChI is InChI=1S/C13H13BrOS/c1-8-3-5-10(6-4-8)13(15)12-7-11(14)9(2)16-12/h3-7,13,15H,1-2H3. The van der Waals surface area contributed by atoms with Gasteiger partial charge in [-0.05, 0) is 41.4 Å². The van der Waals surface area contributed by atoms with Crippen LogP contribution in [-0.4, -0.2) is 5.11 Å². The van der Waals surface area contributed by atoms with Gasteiger partial charge >= 0.3 is 0 Å². The second-order valence-corrected chi connectivity index (χ2v) is 6.01. The van der Waals surface area contributed by atoms with Gasteiger partial charge in [0.25, 0.3) is 0 Å². The van der Waals surface area contributed by atoms with E-state index in [0.29, 0.717) is 0 Å². The second-order valence-electron chi connectivity index (χ2n) is 3.87. The predicted octanol–water partition coefficient (Wildman–Crippen LogP) is 4.21. The van der Waals surface area contributed by atoms with Crippen molar-refractivity contribution >= 4 is 27.3 Å². The Morgan fingerprint density at radius 1 is 1.19 bits per heavy atom. The quantitative estimate of drug-likeness (QED) is 0.880. The molecule has 2 aromatic rings. The summed E-state index contributed by atoms with van der Waals surface area (Å²) >= 11 is 5.09. The van der Waals surface area contributed by atoms with Crippen LogP contribution in [0.1, 0.15) is 27.0 Å². The van der Waals surface area contributed by atoms with Gasteiger partial charge < -0.3 is 5.11 Å². The van der Waals surface area contributed by atoms with Crippen molar-refractivity contribution in [2.45, 2.75) is 20.0 Å². The van der Waals surface area contributed by atoms with Crippen LogP contribution in [0, 0.1) is 13.8 Å². The largest absolute Gasteiger partial charge is 0.383 e. The van der Waals surface area contributed by atoms with Crippen molar-refractivity contribution in [3.63, 3.8) is 0 Å². The highest BCUT2D eigenvalue weighted by molar-refractivity contribution is 9.10. The molecule has 0 saturated heterocycles. The van der Waals surface area contributed by atoms with Crippen molar-refractivity contribution in [1.82, 2.24) is 0 Å². The van der Waals surface area contributed by atoms with Gasteiger partial charge in [-0.1, -0.05) is 29.8 Å². The maximum atomic E-state index is 10.2. The van der Waals surface area contributed by atoms with Gasteiger partial charge in [-0.3, -0.25) is 0 Å². The van der Waals surface area contributed by atoms with E-state index in [1.165, 1.54) is 10.4 Å². The smallest absolute Gasteiger partial charge is 0.113 e. The van der Waals surface area contributed by atoms with Crippen LogP contribution < -0.4 is 0 Å². The first-order valence-corrected chi connectivity index (χ1v) is 6.69. The SMILES string of the molecule is Cc1ccc(C(O)c2cc(Br)c(C)s2)cc1. The van der Waals surface area contributed by atoms with Crippen molar-refractivity contribution < 1.29 is 5.11 Å². The molecule has 0 fully saturated rings. The van der Waals surface area contributed by atoms with Crippen LogP contribution >= 0.6 is 27.3 Å². The summed E-state index contributed by atoms with van der Waals surface area (Å²) in [5.74, 6) is 0. The molecule has 1 N–H and O–H groups in total. The van der Waals surface area contributed by atoms with E-state index in [2.05, 4.69) is 15.9 Å². The number of halogens is 1. The van der Waals surface area contributed by atoms with Crippen LogP contribution in [0.25, 0.3) is 0 Å². The first kappa shape index (κ1) is 11.8. The van der Waals surface area contributed by atoms with Crippen LogP contribution in [0.5, 0.6) is 0 Å². The van der Waals surface area contributed by atoms with Gasteiger partial charge in [-0.2, -0.15) is 0 Å². The molecule has 0 aliphatic heterocycles. The molecule has 0 spiro atoms. The fourth-order valence-electron chi connectivity index (χ4n) is 1.53. The Labute approximate surface area is 108 Å². The van der Waals surface area contributed by atoms with Gasteiger partial charge in [0.15, 0.2) is 0 Å². The highest BCUT2D eigenvalue weighted by Gasteiger charge is 2.14. The van der Waals surface area contributed by atoms with Gasteiger partial charge in [0.1, 0.15) is 6.10 Å². The molecule has 0 amide bonds. The number of aryl methyl sites for hydroxylation is 2. The number of thiophene rings is 1. The van der Waals surface area contributed by atoms with Crippen molar-refractivity contribution in [1.29, 1.82) is 0 Å². The zero-order chi connectivity index (χ0) is 11.7.